The number of para-hydroxylation sites is 1. The predicted molar refractivity (Wildman–Crippen MR) is 81.2 cm³/mol. The van der Waals surface area contributed by atoms with E-state index in [1.165, 1.54) is 17.7 Å². The molecule has 0 aliphatic carbocycles. The van der Waals surface area contributed by atoms with Gasteiger partial charge in [-0.1, -0.05) is 18.2 Å². The van der Waals surface area contributed by atoms with E-state index in [9.17, 15) is 4.79 Å². The number of ether oxygens (including phenoxy) is 2. The third-order valence-corrected chi connectivity index (χ3v) is 3.94. The number of hydrogen-bond acceptors (Lipinski definition) is 3. The molecule has 0 saturated carbocycles. The molecule has 1 N–H and O–H groups in total. The number of halogens is 1. The van der Waals surface area contributed by atoms with E-state index in [0.717, 1.165) is 12.2 Å². The molecule has 2 aromatic rings. The second-order valence-electron chi connectivity index (χ2n) is 4.81. The standard InChI is InChI=1S/C16H13BrO4/c17-13-8-11(16(18)19)5-6-15(13)20-9-12-7-10-3-1-2-4-14(10)21-12/h1-6,8,12H,7,9H2,(H,18,19). The quantitative estimate of drug-likeness (QED) is 0.918. The summed E-state index contributed by atoms with van der Waals surface area (Å²) in [5.74, 6) is 0.558. The first-order valence-electron chi connectivity index (χ1n) is 6.53. The molecule has 1 heterocycles. The zero-order chi connectivity index (χ0) is 14.8. The summed E-state index contributed by atoms with van der Waals surface area (Å²) < 4.78 is 12.1. The van der Waals surface area contributed by atoms with Crippen LogP contribution in [-0.2, 0) is 6.42 Å². The Kier molecular flexibility index (Phi) is 3.84. The molecule has 0 spiro atoms. The van der Waals surface area contributed by atoms with E-state index in [4.69, 9.17) is 14.6 Å². The van der Waals surface area contributed by atoms with E-state index in [-0.39, 0.29) is 11.7 Å². The van der Waals surface area contributed by atoms with E-state index in [1.54, 1.807) is 6.07 Å². The zero-order valence-corrected chi connectivity index (χ0v) is 12.7. The summed E-state index contributed by atoms with van der Waals surface area (Å²) in [6, 6.07) is 12.6. The van der Waals surface area contributed by atoms with Gasteiger partial charge in [0.15, 0.2) is 0 Å². The monoisotopic (exact) mass is 348 g/mol. The highest BCUT2D eigenvalue weighted by Gasteiger charge is 2.23. The minimum absolute atomic E-state index is 0.0200. The average Bonchev–Trinajstić information content (AvgIpc) is 2.88. The van der Waals surface area contributed by atoms with Gasteiger partial charge < -0.3 is 14.6 Å². The van der Waals surface area contributed by atoms with Crippen molar-refractivity contribution in [1.29, 1.82) is 0 Å². The van der Waals surface area contributed by atoms with Gasteiger partial charge in [0, 0.05) is 6.42 Å². The first kappa shape index (κ1) is 13.9. The third kappa shape index (κ3) is 3.03. The lowest BCUT2D eigenvalue weighted by molar-refractivity contribution is 0.0696. The third-order valence-electron chi connectivity index (χ3n) is 3.32. The Morgan fingerprint density at radius 2 is 2.14 bits per heavy atom. The van der Waals surface area contributed by atoms with E-state index in [1.807, 2.05) is 24.3 Å². The zero-order valence-electron chi connectivity index (χ0n) is 11.1. The second-order valence-corrected chi connectivity index (χ2v) is 5.67. The summed E-state index contributed by atoms with van der Waals surface area (Å²) >= 11 is 3.32. The minimum Gasteiger partial charge on any atom is -0.489 e. The van der Waals surface area contributed by atoms with Crippen LogP contribution in [0, 0.1) is 0 Å². The number of fused-ring (bicyclic) bond motifs is 1. The molecule has 108 valence electrons. The lowest BCUT2D eigenvalue weighted by Crippen LogP contribution is -2.22. The maximum Gasteiger partial charge on any atom is 0.335 e. The molecule has 1 unspecified atom stereocenters. The number of carboxylic acid groups (broad SMARTS) is 1. The maximum atomic E-state index is 10.9. The van der Waals surface area contributed by atoms with Crippen molar-refractivity contribution in [2.45, 2.75) is 12.5 Å². The van der Waals surface area contributed by atoms with Crippen LogP contribution in [0.15, 0.2) is 46.9 Å². The molecule has 1 aliphatic heterocycles. The Bertz CT molecular complexity index is 659. The smallest absolute Gasteiger partial charge is 0.335 e. The number of rotatable bonds is 4. The summed E-state index contributed by atoms with van der Waals surface area (Å²) in [7, 11) is 0. The molecule has 0 fully saturated rings. The van der Waals surface area contributed by atoms with Crippen molar-refractivity contribution in [3.8, 4) is 11.5 Å². The summed E-state index contributed by atoms with van der Waals surface area (Å²) in [6.07, 6.45) is 0.800. The Morgan fingerprint density at radius 1 is 1.33 bits per heavy atom. The van der Waals surface area contributed by atoms with Gasteiger partial charge in [0.2, 0.25) is 0 Å². The molecule has 2 aromatic carbocycles. The summed E-state index contributed by atoms with van der Waals surface area (Å²) in [4.78, 5) is 10.9. The van der Waals surface area contributed by atoms with Crippen molar-refractivity contribution < 1.29 is 19.4 Å². The van der Waals surface area contributed by atoms with Gasteiger partial charge in [0.05, 0.1) is 10.0 Å². The first-order valence-corrected chi connectivity index (χ1v) is 7.33. The van der Waals surface area contributed by atoms with E-state index in [0.29, 0.717) is 16.8 Å². The van der Waals surface area contributed by atoms with Gasteiger partial charge in [-0.15, -0.1) is 0 Å². The number of carboxylic acids is 1. The molecule has 3 rings (SSSR count). The Morgan fingerprint density at radius 3 is 2.86 bits per heavy atom. The van der Waals surface area contributed by atoms with Crippen molar-refractivity contribution in [2.24, 2.45) is 0 Å². The van der Waals surface area contributed by atoms with Crippen LogP contribution >= 0.6 is 15.9 Å². The molecule has 1 aliphatic rings. The van der Waals surface area contributed by atoms with Crippen LogP contribution in [-0.4, -0.2) is 23.8 Å². The Balaban J connectivity index is 1.63. The highest BCUT2D eigenvalue weighted by atomic mass is 79.9. The second kappa shape index (κ2) is 5.77. The normalized spacial score (nSPS) is 16.1. The highest BCUT2D eigenvalue weighted by molar-refractivity contribution is 9.10. The van der Waals surface area contributed by atoms with Gasteiger partial charge >= 0.3 is 5.97 Å². The highest BCUT2D eigenvalue weighted by Crippen LogP contribution is 2.30. The van der Waals surface area contributed by atoms with E-state index >= 15 is 0 Å². The molecule has 21 heavy (non-hydrogen) atoms. The first-order chi connectivity index (χ1) is 10.1. The van der Waals surface area contributed by atoms with Gasteiger partial charge in [-0.25, -0.2) is 4.79 Å². The van der Waals surface area contributed by atoms with Crippen LogP contribution in [0.5, 0.6) is 11.5 Å². The fraction of sp³-hybridized carbons (Fsp3) is 0.188. The van der Waals surface area contributed by atoms with Gasteiger partial charge in [-0.2, -0.15) is 0 Å². The predicted octanol–water partition coefficient (Wildman–Crippen LogP) is 3.53. The van der Waals surface area contributed by atoms with Gasteiger partial charge in [0.25, 0.3) is 0 Å². The van der Waals surface area contributed by atoms with Crippen LogP contribution < -0.4 is 9.47 Å². The number of benzene rings is 2. The fourth-order valence-electron chi connectivity index (χ4n) is 2.28. The average molecular weight is 349 g/mol. The molecule has 5 heteroatoms. The van der Waals surface area contributed by atoms with Gasteiger partial charge in [-0.3, -0.25) is 0 Å². The summed E-state index contributed by atoms with van der Waals surface area (Å²) in [5.41, 5.74) is 1.41. The molecular weight excluding hydrogens is 336 g/mol. The SMILES string of the molecule is O=C(O)c1ccc(OCC2Cc3ccccc3O2)c(Br)c1. The summed E-state index contributed by atoms with van der Waals surface area (Å²) in [5, 5.41) is 8.92. The maximum absolute atomic E-state index is 10.9. The van der Waals surface area contributed by atoms with Crippen LogP contribution in [0.3, 0.4) is 0 Å². The van der Waals surface area contributed by atoms with Crippen molar-refractivity contribution in [2.75, 3.05) is 6.61 Å². The van der Waals surface area contributed by atoms with Gasteiger partial charge in [-0.05, 0) is 45.8 Å². The Labute approximate surface area is 130 Å². The van der Waals surface area contributed by atoms with Gasteiger partial charge in [0.1, 0.15) is 24.2 Å². The van der Waals surface area contributed by atoms with E-state index in [2.05, 4.69) is 15.9 Å². The number of aromatic carboxylic acids is 1. The minimum atomic E-state index is -0.961. The van der Waals surface area contributed by atoms with Crippen molar-refractivity contribution in [1.82, 2.24) is 0 Å². The van der Waals surface area contributed by atoms with Crippen LogP contribution in [0.1, 0.15) is 15.9 Å². The molecule has 0 aromatic heterocycles. The molecular formula is C16H13BrO4. The van der Waals surface area contributed by atoms with Crippen molar-refractivity contribution in [3.05, 3.63) is 58.1 Å². The lowest BCUT2D eigenvalue weighted by atomic mass is 10.1. The topological polar surface area (TPSA) is 55.8 Å². The summed E-state index contributed by atoms with van der Waals surface area (Å²) in [6.45, 7) is 0.416. The molecule has 4 nitrogen and oxygen atoms in total. The fourth-order valence-corrected chi connectivity index (χ4v) is 2.77. The molecule has 0 radical (unpaired) electrons. The largest absolute Gasteiger partial charge is 0.489 e. The Hall–Kier alpha value is -2.01. The van der Waals surface area contributed by atoms with Crippen LogP contribution in [0.4, 0.5) is 0 Å². The van der Waals surface area contributed by atoms with Crippen molar-refractivity contribution in [3.63, 3.8) is 0 Å². The van der Waals surface area contributed by atoms with Crippen molar-refractivity contribution >= 4 is 21.9 Å². The van der Waals surface area contributed by atoms with Crippen LogP contribution in [0.2, 0.25) is 0 Å². The molecule has 1 atom stereocenters. The van der Waals surface area contributed by atoms with Crippen LogP contribution in [0.25, 0.3) is 0 Å². The molecule has 0 amide bonds. The number of hydrogen-bond donors (Lipinski definition) is 1. The lowest BCUT2D eigenvalue weighted by Gasteiger charge is -2.13. The molecule has 0 saturated heterocycles. The molecule has 0 bridgehead atoms. The van der Waals surface area contributed by atoms with E-state index < -0.39 is 5.97 Å². The number of carbonyl (C=O) groups is 1.